The number of thiophene rings is 1. The van der Waals surface area contributed by atoms with E-state index < -0.39 is 0 Å². The van der Waals surface area contributed by atoms with Crippen LogP contribution in [-0.2, 0) is 6.54 Å². The molecule has 0 amide bonds. The molecule has 0 saturated carbocycles. The van der Waals surface area contributed by atoms with Crippen molar-refractivity contribution in [3.63, 3.8) is 0 Å². The second-order valence-corrected chi connectivity index (χ2v) is 5.71. The number of nitrogens with one attached hydrogen (secondary N) is 1. The average Bonchev–Trinajstić information content (AvgIpc) is 3.17. The molecule has 3 rings (SSSR count). The van der Waals surface area contributed by atoms with Gasteiger partial charge in [0.2, 0.25) is 0 Å². The second kappa shape index (κ2) is 6.24. The van der Waals surface area contributed by atoms with Gasteiger partial charge in [0, 0.05) is 11.6 Å². The Morgan fingerprint density at radius 3 is 2.67 bits per heavy atom. The van der Waals surface area contributed by atoms with E-state index in [1.165, 1.54) is 17.7 Å². The van der Waals surface area contributed by atoms with Crippen LogP contribution in [-0.4, -0.2) is 0 Å². The van der Waals surface area contributed by atoms with Crippen LogP contribution in [0, 0.1) is 5.82 Å². The minimum absolute atomic E-state index is 0.239. The Bertz CT molecular complexity index is 688. The van der Waals surface area contributed by atoms with Crippen LogP contribution in [0.4, 0.5) is 4.39 Å². The lowest BCUT2D eigenvalue weighted by Crippen LogP contribution is -2.17. The summed E-state index contributed by atoms with van der Waals surface area (Å²) in [6.07, 6.45) is 0. The van der Waals surface area contributed by atoms with Crippen molar-refractivity contribution in [1.82, 2.24) is 5.32 Å². The number of benzene rings is 1. The Morgan fingerprint density at radius 1 is 1.14 bits per heavy atom. The molecule has 0 saturated heterocycles. The molecule has 1 aromatic carbocycles. The molecule has 0 aliphatic heterocycles. The molecule has 4 heteroatoms. The quantitative estimate of drug-likeness (QED) is 0.717. The molecule has 2 aromatic heterocycles. The summed E-state index contributed by atoms with van der Waals surface area (Å²) in [6, 6.07) is 12.6. The third kappa shape index (κ3) is 3.40. The van der Waals surface area contributed by atoms with Crippen LogP contribution in [0.1, 0.15) is 24.3 Å². The first-order valence-corrected chi connectivity index (χ1v) is 7.77. The lowest BCUT2D eigenvalue weighted by atomic mass is 10.2. The van der Waals surface area contributed by atoms with Crippen molar-refractivity contribution in [3.05, 3.63) is 70.4 Å². The summed E-state index contributed by atoms with van der Waals surface area (Å²) in [4.78, 5) is 0. The largest absolute Gasteiger partial charge is 0.460 e. The standard InChI is InChI=1S/C17H16FNOS/c1-12(14-8-9-21-11-14)19-10-16-6-7-17(20-16)13-2-4-15(18)5-3-13/h2-9,11-12,19H,10H2,1H3. The van der Waals surface area contributed by atoms with Crippen molar-refractivity contribution in [1.29, 1.82) is 0 Å². The molecular formula is C17H16FNOS. The molecule has 21 heavy (non-hydrogen) atoms. The molecule has 2 nitrogen and oxygen atoms in total. The van der Waals surface area contributed by atoms with E-state index in [4.69, 9.17) is 4.42 Å². The smallest absolute Gasteiger partial charge is 0.134 e. The van der Waals surface area contributed by atoms with Gasteiger partial charge in [-0.15, -0.1) is 0 Å². The summed E-state index contributed by atoms with van der Waals surface area (Å²) in [5.74, 6) is 1.39. The average molecular weight is 301 g/mol. The van der Waals surface area contributed by atoms with Gasteiger partial charge in [-0.1, -0.05) is 0 Å². The first-order valence-electron chi connectivity index (χ1n) is 6.82. The number of rotatable bonds is 5. The maximum absolute atomic E-state index is 12.9. The number of hydrogen-bond acceptors (Lipinski definition) is 3. The van der Waals surface area contributed by atoms with Gasteiger partial charge in [-0.25, -0.2) is 4.39 Å². The highest BCUT2D eigenvalue weighted by atomic mass is 32.1. The molecule has 1 unspecified atom stereocenters. The number of hydrogen-bond donors (Lipinski definition) is 1. The monoisotopic (exact) mass is 301 g/mol. The van der Waals surface area contributed by atoms with E-state index >= 15 is 0 Å². The minimum Gasteiger partial charge on any atom is -0.460 e. The van der Waals surface area contributed by atoms with Gasteiger partial charge in [0.15, 0.2) is 0 Å². The first kappa shape index (κ1) is 14.0. The number of halogens is 1. The number of furan rings is 1. The molecule has 1 N–H and O–H groups in total. The van der Waals surface area contributed by atoms with Crippen molar-refractivity contribution in [2.45, 2.75) is 19.5 Å². The van der Waals surface area contributed by atoms with Gasteiger partial charge >= 0.3 is 0 Å². The van der Waals surface area contributed by atoms with E-state index in [0.717, 1.165) is 17.1 Å². The fourth-order valence-electron chi connectivity index (χ4n) is 2.14. The van der Waals surface area contributed by atoms with Crippen LogP contribution in [0.2, 0.25) is 0 Å². The maximum Gasteiger partial charge on any atom is 0.134 e. The minimum atomic E-state index is -0.239. The van der Waals surface area contributed by atoms with Gasteiger partial charge in [-0.05, 0) is 65.7 Å². The Labute approximate surface area is 127 Å². The summed E-state index contributed by atoms with van der Waals surface area (Å²) >= 11 is 1.70. The molecule has 0 radical (unpaired) electrons. The van der Waals surface area contributed by atoms with E-state index in [9.17, 15) is 4.39 Å². The maximum atomic E-state index is 12.9. The van der Waals surface area contributed by atoms with Crippen molar-refractivity contribution in [2.75, 3.05) is 0 Å². The normalized spacial score (nSPS) is 12.5. The fourth-order valence-corrected chi connectivity index (χ4v) is 2.89. The van der Waals surface area contributed by atoms with E-state index in [2.05, 4.69) is 29.1 Å². The second-order valence-electron chi connectivity index (χ2n) is 4.93. The Hall–Kier alpha value is -1.91. The molecule has 0 fully saturated rings. The fraction of sp³-hybridized carbons (Fsp3) is 0.176. The van der Waals surface area contributed by atoms with Gasteiger partial charge in [-0.3, -0.25) is 0 Å². The van der Waals surface area contributed by atoms with Crippen LogP contribution in [0.3, 0.4) is 0 Å². The highest BCUT2D eigenvalue weighted by molar-refractivity contribution is 7.07. The molecule has 0 aliphatic carbocycles. The van der Waals surface area contributed by atoms with E-state index in [-0.39, 0.29) is 11.9 Å². The Balaban J connectivity index is 1.64. The lowest BCUT2D eigenvalue weighted by molar-refractivity contribution is 0.469. The molecular weight excluding hydrogens is 285 g/mol. The third-order valence-corrected chi connectivity index (χ3v) is 4.12. The van der Waals surface area contributed by atoms with Gasteiger partial charge in [0.05, 0.1) is 6.54 Å². The van der Waals surface area contributed by atoms with Gasteiger partial charge in [0.1, 0.15) is 17.3 Å². The summed E-state index contributed by atoms with van der Waals surface area (Å²) in [5.41, 5.74) is 2.17. The Kier molecular flexibility index (Phi) is 4.18. The van der Waals surface area contributed by atoms with Gasteiger partial charge in [-0.2, -0.15) is 11.3 Å². The van der Waals surface area contributed by atoms with Crippen LogP contribution >= 0.6 is 11.3 Å². The molecule has 108 valence electrons. The molecule has 0 bridgehead atoms. The van der Waals surface area contributed by atoms with E-state index in [1.807, 2.05) is 12.1 Å². The highest BCUT2D eigenvalue weighted by Crippen LogP contribution is 2.23. The zero-order valence-corrected chi connectivity index (χ0v) is 12.5. The summed E-state index contributed by atoms with van der Waals surface area (Å²) in [5, 5.41) is 7.65. The summed E-state index contributed by atoms with van der Waals surface area (Å²) in [7, 11) is 0. The van der Waals surface area contributed by atoms with Crippen LogP contribution in [0.5, 0.6) is 0 Å². The molecule has 2 heterocycles. The zero-order chi connectivity index (χ0) is 14.7. The predicted molar refractivity (Wildman–Crippen MR) is 83.7 cm³/mol. The van der Waals surface area contributed by atoms with E-state index in [0.29, 0.717) is 6.54 Å². The topological polar surface area (TPSA) is 25.2 Å². The molecule has 0 aliphatic rings. The first-order chi connectivity index (χ1) is 10.2. The molecule has 1 atom stereocenters. The van der Waals surface area contributed by atoms with Crippen LogP contribution < -0.4 is 5.32 Å². The van der Waals surface area contributed by atoms with Crippen molar-refractivity contribution >= 4 is 11.3 Å². The zero-order valence-electron chi connectivity index (χ0n) is 11.7. The van der Waals surface area contributed by atoms with Gasteiger partial charge in [0.25, 0.3) is 0 Å². The highest BCUT2D eigenvalue weighted by Gasteiger charge is 2.08. The van der Waals surface area contributed by atoms with Crippen LogP contribution in [0.15, 0.2) is 57.6 Å². The molecule has 3 aromatic rings. The third-order valence-electron chi connectivity index (χ3n) is 3.42. The van der Waals surface area contributed by atoms with Gasteiger partial charge < -0.3 is 9.73 Å². The van der Waals surface area contributed by atoms with Crippen molar-refractivity contribution < 1.29 is 8.81 Å². The van der Waals surface area contributed by atoms with Crippen molar-refractivity contribution in [3.8, 4) is 11.3 Å². The summed E-state index contributed by atoms with van der Waals surface area (Å²) in [6.45, 7) is 2.80. The van der Waals surface area contributed by atoms with E-state index in [1.54, 1.807) is 23.5 Å². The lowest BCUT2D eigenvalue weighted by Gasteiger charge is -2.10. The molecule has 0 spiro atoms. The predicted octanol–water partition coefficient (Wildman–Crippen LogP) is 5.00. The Morgan fingerprint density at radius 2 is 1.95 bits per heavy atom. The van der Waals surface area contributed by atoms with Crippen LogP contribution in [0.25, 0.3) is 11.3 Å². The summed E-state index contributed by atoms with van der Waals surface area (Å²) < 4.78 is 18.7. The SMILES string of the molecule is CC(NCc1ccc(-c2ccc(F)cc2)o1)c1ccsc1. The van der Waals surface area contributed by atoms with Crippen molar-refractivity contribution in [2.24, 2.45) is 0 Å².